The smallest absolute Gasteiger partial charge is 0.236 e. The van der Waals surface area contributed by atoms with Gasteiger partial charge in [-0.25, -0.2) is 13.1 Å². The van der Waals surface area contributed by atoms with Gasteiger partial charge in [0.1, 0.15) is 0 Å². The Morgan fingerprint density at radius 1 is 1.50 bits per heavy atom. The summed E-state index contributed by atoms with van der Waals surface area (Å²) in [5.74, 6) is 0.0162. The average molecular weight is 249 g/mol. The van der Waals surface area contributed by atoms with Crippen molar-refractivity contribution >= 4 is 15.9 Å². The van der Waals surface area contributed by atoms with Gasteiger partial charge in [-0.15, -0.1) is 0 Å². The van der Waals surface area contributed by atoms with E-state index < -0.39 is 10.0 Å². The first-order valence-electron chi connectivity index (χ1n) is 5.32. The van der Waals surface area contributed by atoms with Crippen LogP contribution >= 0.6 is 0 Å². The summed E-state index contributed by atoms with van der Waals surface area (Å²) in [5.41, 5.74) is 0. The molecule has 1 saturated heterocycles. The molecule has 1 aliphatic heterocycles. The SMILES string of the molecule is CNCC(=O)N1CCCC(NS(C)(=O)=O)C1. The minimum absolute atomic E-state index is 0.0162. The Morgan fingerprint density at radius 3 is 2.75 bits per heavy atom. The van der Waals surface area contributed by atoms with E-state index in [9.17, 15) is 13.2 Å². The number of hydrogen-bond acceptors (Lipinski definition) is 4. The lowest BCUT2D eigenvalue weighted by Crippen LogP contribution is -2.50. The third kappa shape index (κ3) is 4.46. The Kier molecular flexibility index (Phi) is 4.69. The van der Waals surface area contributed by atoms with E-state index in [2.05, 4.69) is 10.0 Å². The van der Waals surface area contributed by atoms with E-state index in [0.29, 0.717) is 19.6 Å². The van der Waals surface area contributed by atoms with Gasteiger partial charge in [0, 0.05) is 19.1 Å². The predicted molar refractivity (Wildman–Crippen MR) is 61.5 cm³/mol. The van der Waals surface area contributed by atoms with Gasteiger partial charge in [0.2, 0.25) is 15.9 Å². The molecule has 1 heterocycles. The maximum atomic E-state index is 11.6. The molecule has 0 aromatic carbocycles. The summed E-state index contributed by atoms with van der Waals surface area (Å²) in [6.45, 7) is 1.47. The van der Waals surface area contributed by atoms with E-state index in [0.717, 1.165) is 19.1 Å². The predicted octanol–water partition coefficient (Wildman–Crippen LogP) is -1.25. The van der Waals surface area contributed by atoms with Crippen molar-refractivity contribution in [1.29, 1.82) is 0 Å². The van der Waals surface area contributed by atoms with Gasteiger partial charge in [-0.05, 0) is 19.9 Å². The molecule has 1 rings (SSSR count). The Bertz CT molecular complexity index is 342. The zero-order chi connectivity index (χ0) is 12.2. The first kappa shape index (κ1) is 13.4. The largest absolute Gasteiger partial charge is 0.340 e. The molecule has 1 unspecified atom stereocenters. The normalized spacial score (nSPS) is 22.1. The number of likely N-dealkylation sites (tertiary alicyclic amines) is 1. The molecule has 0 aliphatic carbocycles. The molecule has 0 saturated carbocycles. The van der Waals surface area contributed by atoms with Gasteiger partial charge < -0.3 is 10.2 Å². The summed E-state index contributed by atoms with van der Waals surface area (Å²) in [4.78, 5) is 13.3. The van der Waals surface area contributed by atoms with E-state index in [1.807, 2.05) is 0 Å². The maximum absolute atomic E-state index is 11.6. The molecule has 2 N–H and O–H groups in total. The molecule has 0 bridgehead atoms. The number of likely N-dealkylation sites (N-methyl/N-ethyl adjacent to an activating group) is 1. The Morgan fingerprint density at radius 2 is 2.19 bits per heavy atom. The number of hydrogen-bond donors (Lipinski definition) is 2. The quantitative estimate of drug-likeness (QED) is 0.652. The molecule has 0 spiro atoms. The summed E-state index contributed by atoms with van der Waals surface area (Å²) in [5, 5.41) is 2.80. The second-order valence-corrected chi connectivity index (χ2v) is 5.88. The molecule has 6 nitrogen and oxygen atoms in total. The molecule has 0 aromatic rings. The maximum Gasteiger partial charge on any atom is 0.236 e. The third-order valence-corrected chi connectivity index (χ3v) is 3.24. The lowest BCUT2D eigenvalue weighted by atomic mass is 10.1. The van der Waals surface area contributed by atoms with Crippen molar-refractivity contribution in [2.24, 2.45) is 0 Å². The van der Waals surface area contributed by atoms with Crippen LogP contribution in [0.25, 0.3) is 0 Å². The van der Waals surface area contributed by atoms with Gasteiger partial charge >= 0.3 is 0 Å². The van der Waals surface area contributed by atoms with Gasteiger partial charge in [0.25, 0.3) is 0 Å². The molecule has 1 amide bonds. The van der Waals surface area contributed by atoms with Gasteiger partial charge in [-0.2, -0.15) is 0 Å². The average Bonchev–Trinajstić information content (AvgIpc) is 2.16. The van der Waals surface area contributed by atoms with E-state index in [4.69, 9.17) is 0 Å². The van der Waals surface area contributed by atoms with E-state index in [1.54, 1.807) is 11.9 Å². The molecule has 1 fully saturated rings. The highest BCUT2D eigenvalue weighted by Gasteiger charge is 2.24. The van der Waals surface area contributed by atoms with Crippen molar-refractivity contribution < 1.29 is 13.2 Å². The number of nitrogens with zero attached hydrogens (tertiary/aromatic N) is 1. The molecule has 16 heavy (non-hydrogen) atoms. The van der Waals surface area contributed by atoms with Crippen molar-refractivity contribution in [2.45, 2.75) is 18.9 Å². The fourth-order valence-electron chi connectivity index (χ4n) is 1.87. The Hall–Kier alpha value is -0.660. The van der Waals surface area contributed by atoms with E-state index >= 15 is 0 Å². The van der Waals surface area contributed by atoms with Crippen molar-refractivity contribution in [3.05, 3.63) is 0 Å². The van der Waals surface area contributed by atoms with Crippen LogP contribution < -0.4 is 10.0 Å². The summed E-state index contributed by atoms with van der Waals surface area (Å²) in [6.07, 6.45) is 2.76. The number of rotatable bonds is 4. The highest BCUT2D eigenvalue weighted by Crippen LogP contribution is 2.10. The molecule has 1 atom stereocenters. The number of nitrogens with one attached hydrogen (secondary N) is 2. The Balaban J connectivity index is 2.50. The minimum Gasteiger partial charge on any atom is -0.340 e. The van der Waals surface area contributed by atoms with Gasteiger partial charge in [-0.3, -0.25) is 4.79 Å². The number of carbonyl (C=O) groups is 1. The number of carbonyl (C=O) groups excluding carboxylic acids is 1. The van der Waals surface area contributed by atoms with E-state index in [1.165, 1.54) is 0 Å². The summed E-state index contributed by atoms with van der Waals surface area (Å²) in [6, 6.07) is -0.149. The van der Waals surface area contributed by atoms with Gasteiger partial charge in [-0.1, -0.05) is 0 Å². The van der Waals surface area contributed by atoms with Crippen LogP contribution in [0.4, 0.5) is 0 Å². The molecule has 1 aliphatic rings. The lowest BCUT2D eigenvalue weighted by molar-refractivity contribution is -0.131. The number of sulfonamides is 1. The lowest BCUT2D eigenvalue weighted by Gasteiger charge is -2.32. The van der Waals surface area contributed by atoms with Crippen LogP contribution in [0.5, 0.6) is 0 Å². The molecule has 94 valence electrons. The fraction of sp³-hybridized carbons (Fsp3) is 0.889. The first-order valence-corrected chi connectivity index (χ1v) is 7.21. The van der Waals surface area contributed by atoms with Crippen LogP contribution in [-0.2, 0) is 14.8 Å². The number of piperidine rings is 1. The number of amides is 1. The molecular weight excluding hydrogens is 230 g/mol. The van der Waals surface area contributed by atoms with Crippen molar-refractivity contribution in [3.8, 4) is 0 Å². The van der Waals surface area contributed by atoms with Crippen LogP contribution in [0.1, 0.15) is 12.8 Å². The highest BCUT2D eigenvalue weighted by atomic mass is 32.2. The molecular formula is C9H19N3O3S. The fourth-order valence-corrected chi connectivity index (χ4v) is 2.66. The highest BCUT2D eigenvalue weighted by molar-refractivity contribution is 7.88. The summed E-state index contributed by atoms with van der Waals surface area (Å²) in [7, 11) is -1.47. The van der Waals surface area contributed by atoms with Crippen LogP contribution in [0.15, 0.2) is 0 Å². The van der Waals surface area contributed by atoms with Crippen molar-refractivity contribution in [1.82, 2.24) is 14.9 Å². The second-order valence-electron chi connectivity index (χ2n) is 4.10. The van der Waals surface area contributed by atoms with Gasteiger partial charge in [0.15, 0.2) is 0 Å². The zero-order valence-corrected chi connectivity index (χ0v) is 10.5. The van der Waals surface area contributed by atoms with Crippen LogP contribution in [-0.4, -0.2) is 58.2 Å². The van der Waals surface area contributed by atoms with Crippen molar-refractivity contribution in [2.75, 3.05) is 32.9 Å². The van der Waals surface area contributed by atoms with Crippen LogP contribution in [0.3, 0.4) is 0 Å². The Labute approximate surface area is 96.4 Å². The van der Waals surface area contributed by atoms with Crippen LogP contribution in [0.2, 0.25) is 0 Å². The van der Waals surface area contributed by atoms with E-state index in [-0.39, 0.29) is 11.9 Å². The second kappa shape index (κ2) is 5.60. The first-order chi connectivity index (χ1) is 7.42. The standard InChI is InChI=1S/C9H19N3O3S/c1-10-6-9(13)12-5-3-4-8(7-12)11-16(2,14)15/h8,10-11H,3-7H2,1-2H3. The van der Waals surface area contributed by atoms with Gasteiger partial charge in [0.05, 0.1) is 12.8 Å². The summed E-state index contributed by atoms with van der Waals surface area (Å²) < 4.78 is 24.7. The van der Waals surface area contributed by atoms with Crippen molar-refractivity contribution in [3.63, 3.8) is 0 Å². The third-order valence-electron chi connectivity index (χ3n) is 2.48. The minimum atomic E-state index is -3.19. The monoisotopic (exact) mass is 249 g/mol. The molecule has 0 aromatic heterocycles. The molecule has 0 radical (unpaired) electrons. The molecule has 7 heteroatoms. The van der Waals surface area contributed by atoms with Crippen LogP contribution in [0, 0.1) is 0 Å². The zero-order valence-electron chi connectivity index (χ0n) is 9.69. The summed E-state index contributed by atoms with van der Waals surface area (Å²) >= 11 is 0. The topological polar surface area (TPSA) is 78.5 Å².